The molecule has 3 fully saturated rings. The predicted molar refractivity (Wildman–Crippen MR) is 196 cm³/mol. The molecule has 1 aromatic heterocycles. The summed E-state index contributed by atoms with van der Waals surface area (Å²) in [6.07, 6.45) is 3.26. The topological polar surface area (TPSA) is 136 Å². The summed E-state index contributed by atoms with van der Waals surface area (Å²) in [5, 5.41) is 1.06. The normalized spacial score (nSPS) is 22.2. The molecule has 0 aliphatic carbocycles. The van der Waals surface area contributed by atoms with Gasteiger partial charge in [0.25, 0.3) is 11.8 Å². The molecule has 5 heterocycles. The summed E-state index contributed by atoms with van der Waals surface area (Å²) in [5.41, 5.74) is 2.08. The number of carbonyl (C=O) groups is 2. The summed E-state index contributed by atoms with van der Waals surface area (Å²) < 4.78 is 57.0. The molecule has 1 N–H and O–H groups in total. The fourth-order valence-electron chi connectivity index (χ4n) is 8.47. The highest BCUT2D eigenvalue weighted by Gasteiger charge is 2.47. The van der Waals surface area contributed by atoms with Crippen molar-refractivity contribution >= 4 is 56.0 Å². The van der Waals surface area contributed by atoms with Crippen molar-refractivity contribution in [3.63, 3.8) is 0 Å². The van der Waals surface area contributed by atoms with E-state index in [0.29, 0.717) is 28.2 Å². The van der Waals surface area contributed by atoms with Gasteiger partial charge in [-0.1, -0.05) is 11.6 Å². The Bertz CT molecular complexity index is 2110. The maximum Gasteiger partial charge on any atom is 0.341 e. The van der Waals surface area contributed by atoms with E-state index in [2.05, 4.69) is 21.6 Å². The van der Waals surface area contributed by atoms with E-state index in [1.165, 1.54) is 20.2 Å². The van der Waals surface area contributed by atoms with E-state index < -0.39 is 33.5 Å². The Morgan fingerprint density at radius 1 is 1.06 bits per heavy atom. The fraction of sp³-hybridized carbons (Fsp3) is 0.528. The second-order valence-electron chi connectivity index (χ2n) is 14.5. The number of nitrogens with zero attached hydrogens (tertiary/aromatic N) is 5. The predicted octanol–water partition coefficient (Wildman–Crippen LogP) is 3.53. The first-order valence-electron chi connectivity index (χ1n) is 17.6. The highest BCUT2D eigenvalue weighted by molar-refractivity contribution is 7.87. The van der Waals surface area contributed by atoms with Crippen LogP contribution in [0.2, 0.25) is 5.02 Å². The summed E-state index contributed by atoms with van der Waals surface area (Å²) in [5.74, 6) is -2.65. The van der Waals surface area contributed by atoms with E-state index in [4.69, 9.17) is 20.8 Å². The minimum Gasteiger partial charge on any atom is -0.422 e. The van der Waals surface area contributed by atoms with E-state index in [0.717, 1.165) is 62.6 Å². The average Bonchev–Trinajstić information content (AvgIpc) is 3.72. The zero-order chi connectivity index (χ0) is 37.2. The molecule has 0 spiro atoms. The van der Waals surface area contributed by atoms with Crippen LogP contribution in [0.15, 0.2) is 27.4 Å². The lowest BCUT2D eigenvalue weighted by Gasteiger charge is -2.41. The van der Waals surface area contributed by atoms with Crippen LogP contribution in [0.5, 0.6) is 0 Å². The van der Waals surface area contributed by atoms with Gasteiger partial charge in [-0.3, -0.25) is 14.5 Å². The van der Waals surface area contributed by atoms with Gasteiger partial charge in [0, 0.05) is 76.1 Å². The van der Waals surface area contributed by atoms with Gasteiger partial charge in [0.2, 0.25) is 0 Å². The van der Waals surface area contributed by atoms with E-state index in [9.17, 15) is 22.8 Å². The van der Waals surface area contributed by atoms with Crippen molar-refractivity contribution in [2.24, 2.45) is 0 Å². The van der Waals surface area contributed by atoms with Crippen LogP contribution in [0.1, 0.15) is 63.1 Å². The van der Waals surface area contributed by atoms with Gasteiger partial charge in [-0.25, -0.2) is 13.9 Å². The summed E-state index contributed by atoms with van der Waals surface area (Å²) in [4.78, 5) is 48.1. The van der Waals surface area contributed by atoms with Gasteiger partial charge in [0.05, 0.1) is 46.6 Å². The number of halogens is 2. The highest BCUT2D eigenvalue weighted by Crippen LogP contribution is 2.40. The molecule has 0 unspecified atom stereocenters. The lowest BCUT2D eigenvalue weighted by molar-refractivity contribution is 0.0727. The molecular formula is C36H44ClFN6O7S. The molecule has 4 aliphatic rings. The van der Waals surface area contributed by atoms with E-state index in [1.807, 2.05) is 13.0 Å². The largest absolute Gasteiger partial charge is 0.422 e. The summed E-state index contributed by atoms with van der Waals surface area (Å²) in [6.45, 7) is 4.85. The molecule has 4 aliphatic heterocycles. The Morgan fingerprint density at radius 3 is 2.40 bits per heavy atom. The molecule has 7 rings (SSSR count). The number of rotatable bonds is 8. The average molecular weight is 759 g/mol. The minimum atomic E-state index is -4.15. The molecule has 2 amide bonds. The Hall–Kier alpha value is -3.76. The number of fused-ring (bicyclic) bond motifs is 5. The number of likely N-dealkylation sites (N-methyl/N-ethyl adjacent to an activating group) is 1. The van der Waals surface area contributed by atoms with Gasteiger partial charge in [-0.15, -0.1) is 0 Å². The molecule has 0 radical (unpaired) electrons. The quantitative estimate of drug-likeness (QED) is 0.340. The van der Waals surface area contributed by atoms with Crippen LogP contribution >= 0.6 is 11.6 Å². The molecule has 280 valence electrons. The molecule has 13 nitrogen and oxygen atoms in total. The number of anilines is 2. The van der Waals surface area contributed by atoms with Gasteiger partial charge in [0.15, 0.2) is 0 Å². The summed E-state index contributed by atoms with van der Waals surface area (Å²) >= 11 is 6.93. The van der Waals surface area contributed by atoms with Crippen molar-refractivity contribution in [2.45, 2.75) is 63.7 Å². The third-order valence-corrected chi connectivity index (χ3v) is 13.1. The number of piperazine rings is 1. The summed E-state index contributed by atoms with van der Waals surface area (Å²) in [7, 11) is 2.82. The maximum atomic E-state index is 15.8. The third kappa shape index (κ3) is 6.33. The second-order valence-corrected chi connectivity index (χ2v) is 16.5. The zero-order valence-corrected chi connectivity index (χ0v) is 31.6. The van der Waals surface area contributed by atoms with Crippen LogP contribution in [0.3, 0.4) is 0 Å². The molecule has 52 heavy (non-hydrogen) atoms. The van der Waals surface area contributed by atoms with Gasteiger partial charge < -0.3 is 23.9 Å². The molecule has 3 aromatic rings. The molecule has 2 aromatic carbocycles. The van der Waals surface area contributed by atoms with Gasteiger partial charge >= 0.3 is 15.8 Å². The Morgan fingerprint density at radius 2 is 1.75 bits per heavy atom. The molecular weight excluding hydrogens is 715 g/mol. The number of benzene rings is 2. The fourth-order valence-corrected chi connectivity index (χ4v) is 10.4. The number of carbonyl (C=O) groups excluding carboxylic acids is 2. The standard InChI is InChI=1S/C36H44ClFN6O7S/c1-20-30(42-13-12-41(4)23(17-42)19-50-5)16-28(37)32-24-10-11-43(18-27(24)36(47)51-33(20)32)35(46)25-15-31(40(2)3)26(14-29(25)38)34(45)39-52(48,49)44-21-6-7-22(44)9-8-21/h14-16,21-23H,6-13,17-19H2,1-5H3,(H,39,45)/t21?,22?,23-/m1/s1. The maximum absolute atomic E-state index is 15.8. The first-order valence-corrected chi connectivity index (χ1v) is 19.4. The van der Waals surface area contributed by atoms with E-state index in [1.54, 1.807) is 21.2 Å². The second kappa shape index (κ2) is 13.9. The monoisotopic (exact) mass is 758 g/mol. The van der Waals surface area contributed by atoms with E-state index >= 15 is 4.39 Å². The number of hydrogen-bond acceptors (Lipinski definition) is 10. The smallest absolute Gasteiger partial charge is 0.341 e. The van der Waals surface area contributed by atoms with Crippen LogP contribution in [0.25, 0.3) is 11.0 Å². The number of methoxy groups -OCH3 is 1. The molecule has 16 heteroatoms. The van der Waals surface area contributed by atoms with Crippen LogP contribution in [0.4, 0.5) is 15.8 Å². The van der Waals surface area contributed by atoms with Crippen molar-refractivity contribution in [2.75, 3.05) is 70.8 Å². The SMILES string of the molecule is COC[C@H]1CN(c2cc(Cl)c3c4c(c(=O)oc3c2C)CN(C(=O)c2cc(N(C)C)c(C(=O)NS(=O)(=O)N3C5CCC3CC5)cc2F)CC4)CCN1C. The van der Waals surface area contributed by atoms with Gasteiger partial charge in [-0.2, -0.15) is 12.7 Å². The first-order chi connectivity index (χ1) is 24.7. The van der Waals surface area contributed by atoms with Crippen molar-refractivity contribution in [3.8, 4) is 0 Å². The van der Waals surface area contributed by atoms with Crippen molar-refractivity contribution in [1.29, 1.82) is 0 Å². The summed E-state index contributed by atoms with van der Waals surface area (Å²) in [6, 6.07) is 3.93. The van der Waals surface area contributed by atoms with Gasteiger partial charge in [0.1, 0.15) is 11.4 Å². The van der Waals surface area contributed by atoms with Crippen LogP contribution in [-0.2, 0) is 27.9 Å². The number of nitrogens with one attached hydrogen (secondary N) is 1. The highest BCUT2D eigenvalue weighted by atomic mass is 35.5. The van der Waals surface area contributed by atoms with Crippen molar-refractivity contribution < 1.29 is 31.6 Å². The molecule has 0 saturated carbocycles. The Labute approximate surface area is 307 Å². The number of hydrogen-bond donors (Lipinski definition) is 1. The first kappa shape index (κ1) is 36.6. The van der Waals surface area contributed by atoms with Crippen molar-refractivity contribution in [1.82, 2.24) is 18.8 Å². The molecule has 1 atom stereocenters. The molecule has 2 bridgehead atoms. The van der Waals surface area contributed by atoms with Gasteiger partial charge in [-0.05, 0) is 69.8 Å². The number of amides is 2. The van der Waals surface area contributed by atoms with Crippen LogP contribution in [0, 0.1) is 12.7 Å². The van der Waals surface area contributed by atoms with Crippen LogP contribution in [-0.4, -0.2) is 114 Å². The lowest BCUT2D eigenvalue weighted by atomic mass is 9.94. The minimum absolute atomic E-state index is 0.129. The number of aryl methyl sites for hydroxylation is 1. The Kier molecular flexibility index (Phi) is 9.78. The van der Waals surface area contributed by atoms with E-state index in [-0.39, 0.29) is 60.0 Å². The number of ether oxygens (including phenoxy) is 1. The van der Waals surface area contributed by atoms with Crippen LogP contribution < -0.4 is 20.1 Å². The molecule has 3 saturated heterocycles. The lowest BCUT2D eigenvalue weighted by Crippen LogP contribution is -2.53. The Balaban J connectivity index is 1.15. The zero-order valence-electron chi connectivity index (χ0n) is 30.0. The van der Waals surface area contributed by atoms with Crippen molar-refractivity contribution in [3.05, 3.63) is 67.3 Å². The third-order valence-electron chi connectivity index (χ3n) is 11.2.